The summed E-state index contributed by atoms with van der Waals surface area (Å²) >= 11 is 0. The second kappa shape index (κ2) is 5.13. The van der Waals surface area contributed by atoms with Crippen LogP contribution in [0.25, 0.3) is 0 Å². The number of rotatable bonds is 3. The van der Waals surface area contributed by atoms with Crippen LogP contribution in [0.5, 0.6) is 0 Å². The normalized spacial score (nSPS) is 29.7. The molecule has 2 saturated carbocycles. The zero-order chi connectivity index (χ0) is 15.1. The van der Waals surface area contributed by atoms with Crippen molar-refractivity contribution in [3.05, 3.63) is 35.9 Å². The molecule has 0 heterocycles. The van der Waals surface area contributed by atoms with Crippen molar-refractivity contribution < 1.29 is 9.90 Å². The number of carbonyl (C=O) groups is 1. The monoisotopic (exact) mass is 287 g/mol. The van der Waals surface area contributed by atoms with E-state index < -0.39 is 0 Å². The van der Waals surface area contributed by atoms with Gasteiger partial charge in [-0.25, -0.2) is 0 Å². The highest BCUT2D eigenvalue weighted by molar-refractivity contribution is 5.89. The van der Waals surface area contributed by atoms with Crippen molar-refractivity contribution in [1.29, 1.82) is 0 Å². The Balaban J connectivity index is 1.81. The third-order valence-electron chi connectivity index (χ3n) is 5.74. The zero-order valence-corrected chi connectivity index (χ0v) is 12.9. The molecule has 0 radical (unpaired) electrons. The number of hydrogen-bond donors (Lipinski definition) is 2. The number of aliphatic hydroxyl groups is 1. The lowest BCUT2D eigenvalue weighted by molar-refractivity contribution is -0.134. The molecule has 2 aliphatic rings. The van der Waals surface area contributed by atoms with Gasteiger partial charge in [-0.05, 0) is 24.8 Å². The maximum absolute atomic E-state index is 13.0. The highest BCUT2D eigenvalue weighted by Gasteiger charge is 2.51. The SMILES string of the molecule is CC1(C)C(O)CC1NC(=O)C1(c2ccccc2)CCCC1. The number of nitrogens with one attached hydrogen (secondary N) is 1. The van der Waals surface area contributed by atoms with Crippen LogP contribution >= 0.6 is 0 Å². The average molecular weight is 287 g/mol. The van der Waals surface area contributed by atoms with Gasteiger partial charge in [-0.3, -0.25) is 4.79 Å². The second-order valence-electron chi connectivity index (χ2n) is 7.25. The van der Waals surface area contributed by atoms with E-state index in [1.165, 1.54) is 0 Å². The van der Waals surface area contributed by atoms with E-state index in [0.29, 0.717) is 6.42 Å². The molecule has 1 aromatic rings. The van der Waals surface area contributed by atoms with Gasteiger partial charge in [-0.2, -0.15) is 0 Å². The largest absolute Gasteiger partial charge is 0.392 e. The van der Waals surface area contributed by atoms with E-state index in [9.17, 15) is 9.90 Å². The Morgan fingerprint density at radius 1 is 1.19 bits per heavy atom. The molecule has 0 bridgehead atoms. The van der Waals surface area contributed by atoms with E-state index in [1.807, 2.05) is 32.0 Å². The first-order valence-electron chi connectivity index (χ1n) is 8.01. The molecule has 2 atom stereocenters. The lowest BCUT2D eigenvalue weighted by Crippen LogP contribution is -2.63. The fraction of sp³-hybridized carbons (Fsp3) is 0.611. The van der Waals surface area contributed by atoms with Gasteiger partial charge in [0, 0.05) is 11.5 Å². The van der Waals surface area contributed by atoms with Crippen LogP contribution < -0.4 is 5.32 Å². The summed E-state index contributed by atoms with van der Waals surface area (Å²) in [6, 6.07) is 10.3. The van der Waals surface area contributed by atoms with Crippen molar-refractivity contribution in [3.63, 3.8) is 0 Å². The standard InChI is InChI=1S/C18H25NO2/c1-17(2)14(12-15(17)20)19-16(21)18(10-6-7-11-18)13-8-4-3-5-9-13/h3-5,8-9,14-15,20H,6-7,10-12H2,1-2H3,(H,19,21). The fourth-order valence-electron chi connectivity index (χ4n) is 3.83. The molecule has 1 aromatic carbocycles. The Kier molecular flexibility index (Phi) is 3.56. The quantitative estimate of drug-likeness (QED) is 0.898. The first-order chi connectivity index (χ1) is 9.97. The molecule has 2 fully saturated rings. The Morgan fingerprint density at radius 3 is 2.33 bits per heavy atom. The minimum atomic E-state index is -0.363. The molecule has 2 N–H and O–H groups in total. The van der Waals surface area contributed by atoms with Gasteiger partial charge >= 0.3 is 0 Å². The molecule has 3 rings (SSSR count). The molecule has 3 nitrogen and oxygen atoms in total. The summed E-state index contributed by atoms with van der Waals surface area (Å²) in [5.74, 6) is 0.149. The Morgan fingerprint density at radius 2 is 1.81 bits per heavy atom. The first-order valence-corrected chi connectivity index (χ1v) is 8.01. The van der Waals surface area contributed by atoms with Gasteiger partial charge in [0.25, 0.3) is 0 Å². The van der Waals surface area contributed by atoms with Crippen molar-refractivity contribution in [2.45, 2.75) is 63.5 Å². The third-order valence-corrected chi connectivity index (χ3v) is 5.74. The topological polar surface area (TPSA) is 49.3 Å². The molecule has 2 aliphatic carbocycles. The predicted octanol–water partition coefficient (Wildman–Crippen LogP) is 2.77. The molecule has 21 heavy (non-hydrogen) atoms. The molecular formula is C18H25NO2. The van der Waals surface area contributed by atoms with Crippen LogP contribution in [0.1, 0.15) is 51.5 Å². The highest BCUT2D eigenvalue weighted by Crippen LogP contribution is 2.44. The number of hydrogen-bond acceptors (Lipinski definition) is 2. The van der Waals surface area contributed by atoms with Gasteiger partial charge in [0.1, 0.15) is 0 Å². The lowest BCUT2D eigenvalue weighted by Gasteiger charge is -2.50. The van der Waals surface area contributed by atoms with Crippen LogP contribution in [-0.2, 0) is 10.2 Å². The second-order valence-corrected chi connectivity index (χ2v) is 7.25. The van der Waals surface area contributed by atoms with Crippen molar-refractivity contribution >= 4 is 5.91 Å². The van der Waals surface area contributed by atoms with Gasteiger partial charge in [0.05, 0.1) is 11.5 Å². The maximum Gasteiger partial charge on any atom is 0.230 e. The van der Waals surface area contributed by atoms with E-state index in [-0.39, 0.29) is 28.9 Å². The fourth-order valence-corrected chi connectivity index (χ4v) is 3.83. The molecule has 0 aromatic heterocycles. The summed E-state index contributed by atoms with van der Waals surface area (Å²) in [7, 11) is 0. The average Bonchev–Trinajstić information content (AvgIpc) is 2.98. The van der Waals surface area contributed by atoms with Crippen molar-refractivity contribution in [2.75, 3.05) is 0 Å². The summed E-state index contributed by atoms with van der Waals surface area (Å²) in [4.78, 5) is 13.0. The predicted molar refractivity (Wildman–Crippen MR) is 82.9 cm³/mol. The molecule has 0 spiro atoms. The lowest BCUT2D eigenvalue weighted by atomic mass is 9.64. The smallest absolute Gasteiger partial charge is 0.230 e. The molecule has 114 valence electrons. The molecule has 0 saturated heterocycles. The minimum Gasteiger partial charge on any atom is -0.392 e. The third kappa shape index (κ3) is 2.28. The van der Waals surface area contributed by atoms with E-state index in [0.717, 1.165) is 31.2 Å². The molecular weight excluding hydrogens is 262 g/mol. The zero-order valence-electron chi connectivity index (χ0n) is 12.9. The molecule has 2 unspecified atom stereocenters. The van der Waals surface area contributed by atoms with Crippen LogP contribution in [0.2, 0.25) is 0 Å². The van der Waals surface area contributed by atoms with Crippen LogP contribution in [0, 0.1) is 5.41 Å². The Hall–Kier alpha value is -1.35. The summed E-state index contributed by atoms with van der Waals surface area (Å²) in [5, 5.41) is 13.1. The molecule has 0 aliphatic heterocycles. The maximum atomic E-state index is 13.0. The van der Waals surface area contributed by atoms with E-state index in [2.05, 4.69) is 17.4 Å². The summed E-state index contributed by atoms with van der Waals surface area (Å²) in [6.07, 6.45) is 4.44. The van der Waals surface area contributed by atoms with Crippen LogP contribution in [0.15, 0.2) is 30.3 Å². The van der Waals surface area contributed by atoms with E-state index in [1.54, 1.807) is 0 Å². The Labute approximate surface area is 126 Å². The number of aliphatic hydroxyl groups excluding tert-OH is 1. The van der Waals surface area contributed by atoms with Gasteiger partial charge in [0.2, 0.25) is 5.91 Å². The van der Waals surface area contributed by atoms with Gasteiger partial charge in [-0.15, -0.1) is 0 Å². The summed E-state index contributed by atoms with van der Waals surface area (Å²) in [5.41, 5.74) is 0.557. The number of carbonyl (C=O) groups excluding carboxylic acids is 1. The van der Waals surface area contributed by atoms with Crippen molar-refractivity contribution in [2.24, 2.45) is 5.41 Å². The Bertz CT molecular complexity index is 517. The first kappa shape index (κ1) is 14.6. The van der Waals surface area contributed by atoms with E-state index in [4.69, 9.17) is 0 Å². The van der Waals surface area contributed by atoms with Crippen LogP contribution in [0.4, 0.5) is 0 Å². The molecule has 1 amide bonds. The summed E-state index contributed by atoms with van der Waals surface area (Å²) in [6.45, 7) is 4.05. The number of amides is 1. The highest BCUT2D eigenvalue weighted by atomic mass is 16.3. The van der Waals surface area contributed by atoms with Crippen LogP contribution in [-0.4, -0.2) is 23.2 Å². The van der Waals surface area contributed by atoms with Crippen LogP contribution in [0.3, 0.4) is 0 Å². The minimum absolute atomic E-state index is 0.0844. The van der Waals surface area contributed by atoms with Gasteiger partial charge < -0.3 is 10.4 Å². The summed E-state index contributed by atoms with van der Waals surface area (Å²) < 4.78 is 0. The van der Waals surface area contributed by atoms with E-state index >= 15 is 0 Å². The number of benzene rings is 1. The van der Waals surface area contributed by atoms with Crippen molar-refractivity contribution in [1.82, 2.24) is 5.32 Å². The van der Waals surface area contributed by atoms with Gasteiger partial charge in [0.15, 0.2) is 0 Å². The van der Waals surface area contributed by atoms with Gasteiger partial charge in [-0.1, -0.05) is 57.0 Å². The van der Waals surface area contributed by atoms with Crippen molar-refractivity contribution in [3.8, 4) is 0 Å². The molecule has 3 heteroatoms.